The average Bonchev–Trinajstić information content (AvgIpc) is 2.61. The molecular weight excluding hydrogens is 431 g/mol. The van der Waals surface area contributed by atoms with E-state index < -0.39 is 24.6 Å². The molecule has 0 N–H and O–H groups in total. The summed E-state index contributed by atoms with van der Waals surface area (Å²) in [6, 6.07) is 8.67. The van der Waals surface area contributed by atoms with Crippen LogP contribution in [0.3, 0.4) is 0 Å². The Kier molecular flexibility index (Phi) is 6.28. The molecule has 0 aliphatic heterocycles. The van der Waals surface area contributed by atoms with Gasteiger partial charge in [-0.15, -0.1) is 0 Å². The van der Waals surface area contributed by atoms with Crippen molar-refractivity contribution in [1.82, 2.24) is 0 Å². The van der Waals surface area contributed by atoms with Crippen molar-refractivity contribution < 1.29 is 26.7 Å². The highest BCUT2D eigenvalue weighted by molar-refractivity contribution is 9.09. The molecule has 27 heavy (non-hydrogen) atoms. The Morgan fingerprint density at radius 2 is 1.70 bits per heavy atom. The number of alkyl halides is 6. The Bertz CT molecular complexity index is 782. The molecule has 0 atom stereocenters. The Balaban J connectivity index is 1.85. The van der Waals surface area contributed by atoms with Crippen LogP contribution >= 0.6 is 15.9 Å². The van der Waals surface area contributed by atoms with Crippen LogP contribution in [0.5, 0.6) is 5.75 Å². The number of hydrogen-bond donors (Lipinski definition) is 0. The van der Waals surface area contributed by atoms with Gasteiger partial charge in [0.25, 0.3) is 6.43 Å². The quantitative estimate of drug-likeness (QED) is 0.345. The topological polar surface area (TPSA) is 9.23 Å². The van der Waals surface area contributed by atoms with E-state index in [-0.39, 0.29) is 37.0 Å². The van der Waals surface area contributed by atoms with E-state index in [1.807, 2.05) is 6.07 Å². The third-order valence-electron chi connectivity index (χ3n) is 5.12. The van der Waals surface area contributed by atoms with Crippen LogP contribution in [0.2, 0.25) is 0 Å². The van der Waals surface area contributed by atoms with Crippen LogP contribution in [0.1, 0.15) is 43.2 Å². The van der Waals surface area contributed by atoms with Gasteiger partial charge < -0.3 is 4.74 Å². The summed E-state index contributed by atoms with van der Waals surface area (Å²) in [6.45, 7) is 0. The molecule has 0 spiro atoms. The predicted octanol–water partition coefficient (Wildman–Crippen LogP) is 7.21. The van der Waals surface area contributed by atoms with E-state index >= 15 is 0 Å². The van der Waals surface area contributed by atoms with E-state index in [0.29, 0.717) is 17.2 Å². The zero-order valence-electron chi connectivity index (χ0n) is 14.5. The normalized spacial score (nSPS) is 21.0. The molecule has 0 aromatic heterocycles. The zero-order valence-corrected chi connectivity index (χ0v) is 16.1. The summed E-state index contributed by atoms with van der Waals surface area (Å²) >= 11 is 3.34. The van der Waals surface area contributed by atoms with E-state index in [1.54, 1.807) is 18.2 Å². The summed E-state index contributed by atoms with van der Waals surface area (Å²) in [5.41, 5.74) is 0.756. The average molecular weight is 451 g/mol. The number of halogens is 6. The maximum absolute atomic E-state index is 13.8. The molecule has 2 aromatic carbocycles. The second-order valence-electron chi connectivity index (χ2n) is 6.91. The SMILES string of the molecule is FC(F)c1c(OC2CCC(C(F)(F)F)CC2)ccc2ccc(CCBr)cc12. The van der Waals surface area contributed by atoms with Crippen LogP contribution < -0.4 is 4.74 Å². The van der Waals surface area contributed by atoms with Gasteiger partial charge in [-0.3, -0.25) is 0 Å². The Hall–Kier alpha value is -1.37. The highest BCUT2D eigenvalue weighted by atomic mass is 79.9. The first-order valence-electron chi connectivity index (χ1n) is 8.92. The lowest BCUT2D eigenvalue weighted by molar-refractivity contribution is -0.185. The van der Waals surface area contributed by atoms with E-state index in [0.717, 1.165) is 10.9 Å². The molecule has 3 rings (SSSR count). The van der Waals surface area contributed by atoms with E-state index in [9.17, 15) is 22.0 Å². The minimum absolute atomic E-state index is 0.0266. The molecule has 2 aromatic rings. The summed E-state index contributed by atoms with van der Waals surface area (Å²) in [5, 5.41) is 1.85. The molecule has 1 fully saturated rings. The van der Waals surface area contributed by atoms with Crippen molar-refractivity contribution in [3.63, 3.8) is 0 Å². The fourth-order valence-corrected chi connectivity index (χ4v) is 4.11. The van der Waals surface area contributed by atoms with Crippen LogP contribution in [-0.4, -0.2) is 17.6 Å². The van der Waals surface area contributed by atoms with Gasteiger partial charge in [0.05, 0.1) is 17.6 Å². The van der Waals surface area contributed by atoms with Crippen LogP contribution in [0.4, 0.5) is 22.0 Å². The van der Waals surface area contributed by atoms with Gasteiger partial charge >= 0.3 is 6.18 Å². The lowest BCUT2D eigenvalue weighted by Crippen LogP contribution is -2.32. The fraction of sp³-hybridized carbons (Fsp3) is 0.500. The maximum Gasteiger partial charge on any atom is 0.391 e. The second-order valence-corrected chi connectivity index (χ2v) is 7.70. The number of aryl methyl sites for hydroxylation is 1. The molecule has 0 amide bonds. The Morgan fingerprint density at radius 3 is 2.30 bits per heavy atom. The number of hydrogen-bond acceptors (Lipinski definition) is 1. The van der Waals surface area contributed by atoms with Crippen LogP contribution in [0.15, 0.2) is 30.3 Å². The highest BCUT2D eigenvalue weighted by Crippen LogP contribution is 2.41. The van der Waals surface area contributed by atoms with Crippen molar-refractivity contribution in [2.24, 2.45) is 5.92 Å². The summed E-state index contributed by atoms with van der Waals surface area (Å²) in [4.78, 5) is 0. The summed E-state index contributed by atoms with van der Waals surface area (Å²) in [7, 11) is 0. The number of rotatable bonds is 5. The predicted molar refractivity (Wildman–Crippen MR) is 98.8 cm³/mol. The third kappa shape index (κ3) is 4.73. The number of fused-ring (bicyclic) bond motifs is 1. The van der Waals surface area contributed by atoms with Gasteiger partial charge in [-0.1, -0.05) is 40.2 Å². The van der Waals surface area contributed by atoms with E-state index in [2.05, 4.69) is 15.9 Å². The molecular formula is C20H20BrF5O. The van der Waals surface area contributed by atoms with Gasteiger partial charge in [-0.2, -0.15) is 13.2 Å². The lowest BCUT2D eigenvalue weighted by Gasteiger charge is -2.30. The van der Waals surface area contributed by atoms with Crippen LogP contribution in [0.25, 0.3) is 10.8 Å². The highest BCUT2D eigenvalue weighted by Gasteiger charge is 2.42. The molecule has 1 aliphatic carbocycles. The molecule has 1 saturated carbocycles. The monoisotopic (exact) mass is 450 g/mol. The first-order valence-corrected chi connectivity index (χ1v) is 10.0. The molecule has 0 radical (unpaired) electrons. The van der Waals surface area contributed by atoms with Crippen molar-refractivity contribution in [1.29, 1.82) is 0 Å². The molecule has 0 saturated heterocycles. The number of ether oxygens (including phenoxy) is 1. The largest absolute Gasteiger partial charge is 0.490 e. The van der Waals surface area contributed by atoms with Gasteiger partial charge in [-0.25, -0.2) is 8.78 Å². The second kappa shape index (κ2) is 8.33. The standard InChI is InChI=1S/C20H20BrF5O/c21-10-9-12-1-2-13-3-8-17(18(19(22)23)16(13)11-12)27-15-6-4-14(5-7-15)20(24,25)26/h1-3,8,11,14-15,19H,4-7,9-10H2. The fourth-order valence-electron chi connectivity index (χ4n) is 3.65. The maximum atomic E-state index is 13.8. The molecule has 148 valence electrons. The number of benzene rings is 2. The molecule has 1 nitrogen and oxygen atoms in total. The summed E-state index contributed by atoms with van der Waals surface area (Å²) < 4.78 is 71.8. The molecule has 1 aliphatic rings. The van der Waals surface area contributed by atoms with E-state index in [4.69, 9.17) is 4.74 Å². The van der Waals surface area contributed by atoms with Crippen molar-refractivity contribution in [3.05, 3.63) is 41.5 Å². The Labute approximate surface area is 163 Å². The van der Waals surface area contributed by atoms with E-state index in [1.165, 1.54) is 6.07 Å². The van der Waals surface area contributed by atoms with Gasteiger partial charge in [0.15, 0.2) is 0 Å². The van der Waals surface area contributed by atoms with Crippen molar-refractivity contribution >= 4 is 26.7 Å². The molecule has 0 heterocycles. The van der Waals surface area contributed by atoms with Gasteiger partial charge in [-0.05, 0) is 54.5 Å². The van der Waals surface area contributed by atoms with Crippen molar-refractivity contribution in [2.45, 2.75) is 50.8 Å². The molecule has 0 unspecified atom stereocenters. The minimum atomic E-state index is -4.20. The van der Waals surface area contributed by atoms with Crippen molar-refractivity contribution in [3.8, 4) is 5.75 Å². The lowest BCUT2D eigenvalue weighted by atomic mass is 9.87. The first kappa shape index (κ1) is 20.4. The van der Waals surface area contributed by atoms with Gasteiger partial charge in [0.1, 0.15) is 5.75 Å². The summed E-state index contributed by atoms with van der Waals surface area (Å²) in [6.07, 6.45) is -6.30. The Morgan fingerprint density at radius 1 is 1.04 bits per heavy atom. The third-order valence-corrected chi connectivity index (χ3v) is 5.52. The molecule has 0 bridgehead atoms. The van der Waals surface area contributed by atoms with Crippen molar-refractivity contribution in [2.75, 3.05) is 5.33 Å². The molecule has 7 heteroatoms. The zero-order chi connectivity index (χ0) is 19.6. The van der Waals surface area contributed by atoms with Gasteiger partial charge in [0, 0.05) is 5.33 Å². The van der Waals surface area contributed by atoms with Gasteiger partial charge in [0.2, 0.25) is 0 Å². The minimum Gasteiger partial charge on any atom is -0.490 e. The summed E-state index contributed by atoms with van der Waals surface area (Å²) in [5.74, 6) is -1.25. The smallest absolute Gasteiger partial charge is 0.391 e. The first-order chi connectivity index (χ1) is 12.8. The van der Waals surface area contributed by atoms with Crippen LogP contribution in [-0.2, 0) is 6.42 Å². The van der Waals surface area contributed by atoms with Crippen LogP contribution in [0, 0.1) is 5.92 Å².